The number of aromatic nitrogens is 2. The third kappa shape index (κ3) is 2.71. The molecule has 4 rings (SSSR count). The topological polar surface area (TPSA) is 51.3 Å². The molecule has 2 aromatic heterocycles. The van der Waals surface area contributed by atoms with Crippen LogP contribution in [0.2, 0.25) is 5.02 Å². The Kier molecular flexibility index (Phi) is 3.86. The smallest absolute Gasteiger partial charge is 0.272 e. The Hall–Kier alpha value is -2.53. The van der Waals surface area contributed by atoms with Crippen molar-refractivity contribution in [3.05, 3.63) is 59.4 Å². The average molecular weight is 342 g/mol. The van der Waals surface area contributed by atoms with Gasteiger partial charge in [0.1, 0.15) is 11.4 Å². The van der Waals surface area contributed by atoms with Crippen molar-refractivity contribution in [1.29, 1.82) is 0 Å². The molecule has 3 aromatic rings. The van der Waals surface area contributed by atoms with E-state index in [4.69, 9.17) is 16.0 Å². The zero-order valence-corrected chi connectivity index (χ0v) is 13.7. The van der Waals surface area contributed by atoms with Crippen LogP contribution in [0.1, 0.15) is 23.3 Å². The second-order valence-corrected chi connectivity index (χ2v) is 6.22. The third-order valence-corrected chi connectivity index (χ3v) is 4.38. The standard InChI is InChI=1S/C18H16ClN3O2/c19-13-5-3-6-14(11-13)22-16(18(23)21-8-1-2-9-21)12-15(20-22)17-7-4-10-24-17/h3-7,10-12H,1-2,8-9H2. The van der Waals surface area contributed by atoms with Crippen LogP contribution in [0.15, 0.2) is 53.1 Å². The van der Waals surface area contributed by atoms with E-state index < -0.39 is 0 Å². The fraction of sp³-hybridized carbons (Fsp3) is 0.222. The van der Waals surface area contributed by atoms with Gasteiger partial charge in [0.2, 0.25) is 0 Å². The molecule has 1 aromatic carbocycles. The monoisotopic (exact) mass is 341 g/mol. The van der Waals surface area contributed by atoms with Gasteiger partial charge >= 0.3 is 0 Å². The van der Waals surface area contributed by atoms with Crippen LogP contribution < -0.4 is 0 Å². The maximum Gasteiger partial charge on any atom is 0.272 e. The summed E-state index contributed by atoms with van der Waals surface area (Å²) in [5, 5.41) is 5.17. The van der Waals surface area contributed by atoms with Crippen molar-refractivity contribution in [3.63, 3.8) is 0 Å². The van der Waals surface area contributed by atoms with Gasteiger partial charge in [-0.1, -0.05) is 17.7 Å². The summed E-state index contributed by atoms with van der Waals surface area (Å²) in [6.45, 7) is 1.57. The molecule has 24 heavy (non-hydrogen) atoms. The first-order valence-electron chi connectivity index (χ1n) is 7.91. The van der Waals surface area contributed by atoms with E-state index in [0.29, 0.717) is 22.2 Å². The molecular formula is C18H16ClN3O2. The Morgan fingerprint density at radius 1 is 1.12 bits per heavy atom. The molecule has 0 atom stereocenters. The van der Waals surface area contributed by atoms with Gasteiger partial charge in [0.25, 0.3) is 5.91 Å². The van der Waals surface area contributed by atoms with Crippen molar-refractivity contribution in [1.82, 2.24) is 14.7 Å². The van der Waals surface area contributed by atoms with Crippen LogP contribution >= 0.6 is 11.6 Å². The van der Waals surface area contributed by atoms with Crippen molar-refractivity contribution in [2.75, 3.05) is 13.1 Å². The predicted molar refractivity (Wildman–Crippen MR) is 91.4 cm³/mol. The highest BCUT2D eigenvalue weighted by molar-refractivity contribution is 6.30. The van der Waals surface area contributed by atoms with Crippen LogP contribution in [0, 0.1) is 0 Å². The molecule has 1 saturated heterocycles. The SMILES string of the molecule is O=C(c1cc(-c2ccco2)nn1-c1cccc(Cl)c1)N1CCCC1. The molecule has 0 spiro atoms. The number of carbonyl (C=O) groups is 1. The van der Waals surface area contributed by atoms with Crippen LogP contribution in [-0.2, 0) is 0 Å². The summed E-state index contributed by atoms with van der Waals surface area (Å²) < 4.78 is 7.07. The average Bonchev–Trinajstić information content (AvgIpc) is 3.34. The number of likely N-dealkylation sites (tertiary alicyclic amines) is 1. The third-order valence-electron chi connectivity index (χ3n) is 4.15. The Labute approximate surface area is 144 Å². The fourth-order valence-electron chi connectivity index (χ4n) is 2.97. The van der Waals surface area contributed by atoms with Crippen molar-refractivity contribution in [2.24, 2.45) is 0 Å². The quantitative estimate of drug-likeness (QED) is 0.723. The van der Waals surface area contributed by atoms with Crippen molar-refractivity contribution < 1.29 is 9.21 Å². The van der Waals surface area contributed by atoms with Gasteiger partial charge in [0.15, 0.2) is 5.76 Å². The molecule has 1 aliphatic rings. The number of rotatable bonds is 3. The van der Waals surface area contributed by atoms with E-state index in [1.165, 1.54) is 0 Å². The van der Waals surface area contributed by atoms with Gasteiger partial charge in [-0.2, -0.15) is 5.10 Å². The molecule has 0 saturated carbocycles. The maximum atomic E-state index is 12.9. The van der Waals surface area contributed by atoms with Crippen molar-refractivity contribution >= 4 is 17.5 Å². The highest BCUT2D eigenvalue weighted by Gasteiger charge is 2.25. The van der Waals surface area contributed by atoms with Gasteiger partial charge in [-0.3, -0.25) is 4.79 Å². The molecule has 5 nitrogen and oxygen atoms in total. The molecule has 1 fully saturated rings. The molecule has 0 N–H and O–H groups in total. The molecule has 122 valence electrons. The summed E-state index contributed by atoms with van der Waals surface area (Å²) in [7, 11) is 0. The number of halogens is 1. The lowest BCUT2D eigenvalue weighted by Gasteiger charge is -2.16. The van der Waals surface area contributed by atoms with E-state index in [9.17, 15) is 4.79 Å². The van der Waals surface area contributed by atoms with Crippen LogP contribution in [-0.4, -0.2) is 33.7 Å². The lowest BCUT2D eigenvalue weighted by molar-refractivity contribution is 0.0784. The van der Waals surface area contributed by atoms with Gasteiger partial charge in [0, 0.05) is 24.2 Å². The molecular weight excluding hydrogens is 326 g/mol. The maximum absolute atomic E-state index is 12.9. The number of furan rings is 1. The Bertz CT molecular complexity index is 864. The number of benzene rings is 1. The first kappa shape index (κ1) is 15.0. The lowest BCUT2D eigenvalue weighted by atomic mass is 10.2. The fourth-order valence-corrected chi connectivity index (χ4v) is 3.15. The number of hydrogen-bond acceptors (Lipinski definition) is 3. The molecule has 1 amide bonds. The minimum Gasteiger partial charge on any atom is -0.463 e. The highest BCUT2D eigenvalue weighted by Crippen LogP contribution is 2.25. The molecule has 6 heteroatoms. The number of nitrogens with zero attached hydrogens (tertiary/aromatic N) is 3. The molecule has 0 radical (unpaired) electrons. The summed E-state index contributed by atoms with van der Waals surface area (Å²) in [4.78, 5) is 14.8. The zero-order chi connectivity index (χ0) is 16.5. The largest absolute Gasteiger partial charge is 0.463 e. The van der Waals surface area contributed by atoms with Gasteiger partial charge in [-0.05, 0) is 43.2 Å². The van der Waals surface area contributed by atoms with E-state index in [1.54, 1.807) is 35.2 Å². The Morgan fingerprint density at radius 2 is 1.96 bits per heavy atom. The normalized spacial score (nSPS) is 14.3. The van der Waals surface area contributed by atoms with E-state index in [1.807, 2.05) is 23.1 Å². The van der Waals surface area contributed by atoms with Gasteiger partial charge in [-0.25, -0.2) is 4.68 Å². The van der Waals surface area contributed by atoms with E-state index in [0.717, 1.165) is 31.6 Å². The summed E-state index contributed by atoms with van der Waals surface area (Å²) >= 11 is 6.11. The predicted octanol–water partition coefficient (Wildman–Crippen LogP) is 4.02. The molecule has 0 bridgehead atoms. The number of carbonyl (C=O) groups excluding carboxylic acids is 1. The van der Waals surface area contributed by atoms with Crippen LogP contribution in [0.4, 0.5) is 0 Å². The Balaban J connectivity index is 1.82. The molecule has 0 aliphatic carbocycles. The van der Waals surface area contributed by atoms with Gasteiger partial charge in [0.05, 0.1) is 12.0 Å². The molecule has 0 unspecified atom stereocenters. The summed E-state index contributed by atoms with van der Waals surface area (Å²) in [5.41, 5.74) is 1.90. The summed E-state index contributed by atoms with van der Waals surface area (Å²) in [6.07, 6.45) is 3.68. The number of amides is 1. The van der Waals surface area contributed by atoms with E-state index >= 15 is 0 Å². The summed E-state index contributed by atoms with van der Waals surface area (Å²) in [6, 6.07) is 12.7. The van der Waals surface area contributed by atoms with Crippen LogP contribution in [0.5, 0.6) is 0 Å². The van der Waals surface area contributed by atoms with Crippen LogP contribution in [0.25, 0.3) is 17.1 Å². The first-order valence-corrected chi connectivity index (χ1v) is 8.29. The second-order valence-electron chi connectivity index (χ2n) is 5.78. The molecule has 3 heterocycles. The van der Waals surface area contributed by atoms with Gasteiger partial charge in [-0.15, -0.1) is 0 Å². The van der Waals surface area contributed by atoms with E-state index in [2.05, 4.69) is 5.10 Å². The lowest BCUT2D eigenvalue weighted by Crippen LogP contribution is -2.29. The van der Waals surface area contributed by atoms with E-state index in [-0.39, 0.29) is 5.91 Å². The number of hydrogen-bond donors (Lipinski definition) is 0. The highest BCUT2D eigenvalue weighted by atomic mass is 35.5. The molecule has 1 aliphatic heterocycles. The van der Waals surface area contributed by atoms with Crippen molar-refractivity contribution in [2.45, 2.75) is 12.8 Å². The summed E-state index contributed by atoms with van der Waals surface area (Å²) in [5.74, 6) is 0.615. The Morgan fingerprint density at radius 3 is 2.67 bits per heavy atom. The minimum absolute atomic E-state index is 0.0159. The van der Waals surface area contributed by atoms with Crippen LogP contribution in [0.3, 0.4) is 0 Å². The van der Waals surface area contributed by atoms with Gasteiger partial charge < -0.3 is 9.32 Å². The second kappa shape index (κ2) is 6.17. The minimum atomic E-state index is -0.0159. The first-order chi connectivity index (χ1) is 11.7. The van der Waals surface area contributed by atoms with Crippen molar-refractivity contribution in [3.8, 4) is 17.1 Å². The zero-order valence-electron chi connectivity index (χ0n) is 13.0.